The SMILES string of the molecule is COC(=O)[C@H]1OC(C)(C)N(C(=O)OC(C)(C)C)[C@@H]1[C@H](OC(C)C)[C@H](CCO)OC(C)C. The van der Waals surface area contributed by atoms with Gasteiger partial charge in [0.05, 0.1) is 25.4 Å². The van der Waals surface area contributed by atoms with Gasteiger partial charge in [-0.25, -0.2) is 9.59 Å². The molecule has 0 aromatic carbocycles. The molecule has 0 radical (unpaired) electrons. The van der Waals surface area contributed by atoms with Gasteiger partial charge in [-0.15, -0.1) is 0 Å². The summed E-state index contributed by atoms with van der Waals surface area (Å²) < 4.78 is 28.9. The summed E-state index contributed by atoms with van der Waals surface area (Å²) in [5.74, 6) is -0.631. The van der Waals surface area contributed by atoms with E-state index in [0.717, 1.165) is 0 Å². The number of carbonyl (C=O) groups is 2. The van der Waals surface area contributed by atoms with Crippen molar-refractivity contribution in [2.24, 2.45) is 0 Å². The van der Waals surface area contributed by atoms with Crippen LogP contribution in [0.15, 0.2) is 0 Å². The maximum Gasteiger partial charge on any atom is 0.413 e. The predicted molar refractivity (Wildman–Crippen MR) is 115 cm³/mol. The van der Waals surface area contributed by atoms with E-state index in [9.17, 15) is 14.7 Å². The number of nitrogens with zero attached hydrogens (tertiary/aromatic N) is 1. The molecule has 0 aromatic heterocycles. The van der Waals surface area contributed by atoms with Gasteiger partial charge >= 0.3 is 12.1 Å². The average molecular weight is 448 g/mol. The minimum atomic E-state index is -1.17. The van der Waals surface area contributed by atoms with Crippen molar-refractivity contribution >= 4 is 12.1 Å². The molecule has 0 saturated carbocycles. The highest BCUT2D eigenvalue weighted by atomic mass is 16.6. The first kappa shape index (κ1) is 27.6. The van der Waals surface area contributed by atoms with E-state index in [-0.39, 0.29) is 25.2 Å². The normalized spacial score (nSPS) is 23.2. The number of hydrogen-bond acceptors (Lipinski definition) is 8. The van der Waals surface area contributed by atoms with Crippen LogP contribution < -0.4 is 0 Å². The third-order valence-electron chi connectivity index (χ3n) is 4.62. The standard InChI is InChI=1S/C22H41NO8/c1-13(2)28-15(11-12-24)17(29-14(3)4)16-18(19(25)27-10)30-22(8,9)23(16)20(26)31-21(5,6)7/h13-18,24H,11-12H2,1-10H3/t15-,16+,17+,18-/m0/s1. The molecule has 4 atom stereocenters. The molecule has 0 bridgehead atoms. The number of methoxy groups -OCH3 is 1. The molecule has 0 spiro atoms. The van der Waals surface area contributed by atoms with Crippen molar-refractivity contribution in [3.05, 3.63) is 0 Å². The summed E-state index contributed by atoms with van der Waals surface area (Å²) in [6.45, 7) is 16.0. The lowest BCUT2D eigenvalue weighted by molar-refractivity contribution is -0.164. The van der Waals surface area contributed by atoms with Gasteiger partial charge in [0.15, 0.2) is 6.10 Å². The van der Waals surface area contributed by atoms with Crippen LogP contribution in [0.2, 0.25) is 0 Å². The quantitative estimate of drug-likeness (QED) is 0.538. The number of rotatable bonds is 9. The molecular weight excluding hydrogens is 406 g/mol. The van der Waals surface area contributed by atoms with Crippen molar-refractivity contribution in [3.63, 3.8) is 0 Å². The van der Waals surface area contributed by atoms with Crippen molar-refractivity contribution in [2.45, 2.75) is 117 Å². The Balaban J connectivity index is 3.57. The van der Waals surface area contributed by atoms with Gasteiger partial charge in [-0.3, -0.25) is 4.90 Å². The first-order valence-electron chi connectivity index (χ1n) is 10.8. The number of hydrogen-bond donors (Lipinski definition) is 1. The second-order valence-electron chi connectivity index (χ2n) is 9.73. The molecule has 1 heterocycles. The van der Waals surface area contributed by atoms with Crippen molar-refractivity contribution in [1.29, 1.82) is 0 Å². The zero-order valence-corrected chi connectivity index (χ0v) is 20.6. The van der Waals surface area contributed by atoms with Crippen LogP contribution in [0, 0.1) is 0 Å². The second kappa shape index (κ2) is 10.9. The van der Waals surface area contributed by atoms with E-state index in [0.29, 0.717) is 0 Å². The molecule has 1 saturated heterocycles. The summed E-state index contributed by atoms with van der Waals surface area (Å²) in [5.41, 5.74) is -1.93. The first-order chi connectivity index (χ1) is 14.1. The van der Waals surface area contributed by atoms with Crippen LogP contribution in [0.1, 0.15) is 68.7 Å². The summed E-state index contributed by atoms with van der Waals surface area (Å²) in [4.78, 5) is 27.3. The molecular formula is C22H41NO8. The third-order valence-corrected chi connectivity index (χ3v) is 4.62. The second-order valence-corrected chi connectivity index (χ2v) is 9.73. The van der Waals surface area contributed by atoms with Gasteiger partial charge in [-0.05, 0) is 68.7 Å². The van der Waals surface area contributed by atoms with Crippen LogP contribution in [0.5, 0.6) is 0 Å². The van der Waals surface area contributed by atoms with E-state index >= 15 is 0 Å². The van der Waals surface area contributed by atoms with Gasteiger partial charge in [0.25, 0.3) is 0 Å². The molecule has 0 aromatic rings. The Kier molecular flexibility index (Phi) is 9.74. The fourth-order valence-corrected chi connectivity index (χ4v) is 3.70. The lowest BCUT2D eigenvalue weighted by Gasteiger charge is -2.41. The van der Waals surface area contributed by atoms with Crippen LogP contribution in [-0.2, 0) is 28.5 Å². The monoisotopic (exact) mass is 447 g/mol. The molecule has 1 aliphatic heterocycles. The maximum atomic E-state index is 13.3. The zero-order chi connectivity index (χ0) is 24.1. The van der Waals surface area contributed by atoms with Crippen molar-refractivity contribution < 1.29 is 38.4 Å². The number of aliphatic hydroxyl groups is 1. The maximum absolute atomic E-state index is 13.3. The molecule has 9 nitrogen and oxygen atoms in total. The van der Waals surface area contributed by atoms with Crippen LogP contribution in [0.3, 0.4) is 0 Å². The third kappa shape index (κ3) is 7.59. The molecule has 1 fully saturated rings. The Bertz CT molecular complexity index is 599. The number of aliphatic hydroxyl groups excluding tert-OH is 1. The van der Waals surface area contributed by atoms with E-state index in [1.165, 1.54) is 12.0 Å². The molecule has 9 heteroatoms. The largest absolute Gasteiger partial charge is 0.467 e. The van der Waals surface area contributed by atoms with Crippen LogP contribution in [-0.4, -0.2) is 83.7 Å². The van der Waals surface area contributed by atoms with Gasteiger partial charge in [0.1, 0.15) is 23.5 Å². The summed E-state index contributed by atoms with van der Waals surface area (Å²) in [6.07, 6.45) is -3.31. The Hall–Kier alpha value is -1.42. The van der Waals surface area contributed by atoms with E-state index in [1.54, 1.807) is 34.6 Å². The molecule has 1 amide bonds. The predicted octanol–water partition coefficient (Wildman–Crippen LogP) is 2.87. The lowest BCUT2D eigenvalue weighted by Crippen LogP contribution is -2.59. The summed E-state index contributed by atoms with van der Waals surface area (Å²) in [7, 11) is 1.26. The molecule has 182 valence electrons. The summed E-state index contributed by atoms with van der Waals surface area (Å²) >= 11 is 0. The highest BCUT2D eigenvalue weighted by Crippen LogP contribution is 2.38. The minimum absolute atomic E-state index is 0.151. The van der Waals surface area contributed by atoms with E-state index in [1.807, 2.05) is 27.7 Å². The minimum Gasteiger partial charge on any atom is -0.467 e. The topological polar surface area (TPSA) is 104 Å². The highest BCUT2D eigenvalue weighted by Gasteiger charge is 2.59. The molecule has 0 unspecified atom stereocenters. The average Bonchev–Trinajstić information content (AvgIpc) is 2.87. The Morgan fingerprint density at radius 2 is 1.65 bits per heavy atom. The number of esters is 1. The zero-order valence-electron chi connectivity index (χ0n) is 20.6. The fraction of sp³-hybridized carbons (Fsp3) is 0.909. The molecule has 1 aliphatic rings. The molecule has 0 aliphatic carbocycles. The van der Waals surface area contributed by atoms with Gasteiger partial charge in [-0.2, -0.15) is 0 Å². The summed E-state index contributed by atoms with van der Waals surface area (Å²) in [6, 6.07) is -0.894. The molecule has 1 rings (SSSR count). The van der Waals surface area contributed by atoms with Crippen LogP contribution in [0.4, 0.5) is 4.79 Å². The molecule has 1 N–H and O–H groups in total. The highest BCUT2D eigenvalue weighted by molar-refractivity contribution is 5.79. The van der Waals surface area contributed by atoms with E-state index in [4.69, 9.17) is 23.7 Å². The van der Waals surface area contributed by atoms with Crippen LogP contribution in [0.25, 0.3) is 0 Å². The van der Waals surface area contributed by atoms with Gasteiger partial charge in [0, 0.05) is 6.61 Å². The van der Waals surface area contributed by atoms with Gasteiger partial charge in [0.2, 0.25) is 0 Å². The van der Waals surface area contributed by atoms with Gasteiger partial charge in [-0.1, -0.05) is 0 Å². The van der Waals surface area contributed by atoms with E-state index in [2.05, 4.69) is 0 Å². The fourth-order valence-electron chi connectivity index (χ4n) is 3.70. The lowest BCUT2D eigenvalue weighted by atomic mass is 9.96. The van der Waals surface area contributed by atoms with Crippen molar-refractivity contribution in [1.82, 2.24) is 4.90 Å². The summed E-state index contributed by atoms with van der Waals surface area (Å²) in [5, 5.41) is 9.66. The number of ether oxygens (including phenoxy) is 5. The van der Waals surface area contributed by atoms with Crippen LogP contribution >= 0.6 is 0 Å². The Morgan fingerprint density at radius 1 is 1.10 bits per heavy atom. The Morgan fingerprint density at radius 3 is 2.06 bits per heavy atom. The smallest absolute Gasteiger partial charge is 0.413 e. The Labute approximate surface area is 186 Å². The van der Waals surface area contributed by atoms with Gasteiger partial charge < -0.3 is 28.8 Å². The van der Waals surface area contributed by atoms with Crippen molar-refractivity contribution in [2.75, 3.05) is 13.7 Å². The number of amides is 1. The number of carbonyl (C=O) groups excluding carboxylic acids is 2. The molecule has 31 heavy (non-hydrogen) atoms. The first-order valence-corrected chi connectivity index (χ1v) is 10.8. The van der Waals surface area contributed by atoms with Crippen molar-refractivity contribution in [3.8, 4) is 0 Å². The van der Waals surface area contributed by atoms with E-state index < -0.39 is 47.7 Å².